The van der Waals surface area contributed by atoms with Gasteiger partial charge in [-0.15, -0.1) is 0 Å². The maximum Gasteiger partial charge on any atom is 0.326 e. The molecule has 19 heavy (non-hydrogen) atoms. The molecule has 0 aliphatic rings. The molecule has 0 saturated heterocycles. The molecule has 6 nitrogen and oxygen atoms in total. The molecule has 1 atom stereocenters. The Bertz CT molecular complexity index is 462. The molecule has 0 unspecified atom stereocenters. The van der Waals surface area contributed by atoms with Crippen molar-refractivity contribution in [1.29, 1.82) is 0 Å². The maximum absolute atomic E-state index is 11.9. The van der Waals surface area contributed by atoms with E-state index in [0.717, 1.165) is 0 Å². The molecule has 2 amide bonds. The Hall–Kier alpha value is -2.24. The van der Waals surface area contributed by atoms with Gasteiger partial charge in [0, 0.05) is 18.8 Å². The zero-order valence-corrected chi connectivity index (χ0v) is 11.0. The van der Waals surface area contributed by atoms with Gasteiger partial charge in [0.2, 0.25) is 0 Å². The first-order valence-corrected chi connectivity index (χ1v) is 6.01. The molecular formula is C13H18N2O4. The van der Waals surface area contributed by atoms with Crippen molar-refractivity contribution < 1.29 is 19.8 Å². The average Bonchev–Trinajstić information content (AvgIpc) is 2.37. The molecule has 1 aromatic carbocycles. The molecule has 1 rings (SSSR count). The number of aromatic hydroxyl groups is 1. The maximum atomic E-state index is 11.9. The first-order valence-electron chi connectivity index (χ1n) is 6.01. The van der Waals surface area contributed by atoms with Crippen molar-refractivity contribution in [3.8, 4) is 5.75 Å². The van der Waals surface area contributed by atoms with Crippen LogP contribution in [0.25, 0.3) is 0 Å². The number of aliphatic carboxylic acids is 1. The summed E-state index contributed by atoms with van der Waals surface area (Å²) >= 11 is 0. The molecule has 6 heteroatoms. The van der Waals surface area contributed by atoms with Crippen LogP contribution in [0, 0.1) is 0 Å². The number of nitrogens with one attached hydrogen (secondary N) is 1. The number of urea groups is 1. The van der Waals surface area contributed by atoms with E-state index in [4.69, 9.17) is 5.11 Å². The van der Waals surface area contributed by atoms with Crippen LogP contribution < -0.4 is 10.2 Å². The number of benzene rings is 1. The first-order chi connectivity index (χ1) is 8.95. The molecule has 0 bridgehead atoms. The topological polar surface area (TPSA) is 89.9 Å². The lowest BCUT2D eigenvalue weighted by molar-refractivity contribution is -0.139. The molecular weight excluding hydrogens is 248 g/mol. The predicted molar refractivity (Wildman–Crippen MR) is 71.4 cm³/mol. The zero-order valence-electron chi connectivity index (χ0n) is 11.0. The number of hydrogen-bond donors (Lipinski definition) is 3. The summed E-state index contributed by atoms with van der Waals surface area (Å²) in [6.45, 7) is 1.85. The van der Waals surface area contributed by atoms with E-state index in [1.165, 1.54) is 24.1 Å². The smallest absolute Gasteiger partial charge is 0.326 e. The fourth-order valence-electron chi connectivity index (χ4n) is 1.61. The number of carboxylic acids is 1. The number of rotatable bonds is 5. The molecule has 0 radical (unpaired) electrons. The van der Waals surface area contributed by atoms with Crippen LogP contribution in [0.5, 0.6) is 5.75 Å². The molecule has 0 aliphatic heterocycles. The molecule has 0 heterocycles. The van der Waals surface area contributed by atoms with Crippen molar-refractivity contribution in [2.75, 3.05) is 11.9 Å². The van der Waals surface area contributed by atoms with Gasteiger partial charge in [0.1, 0.15) is 11.8 Å². The van der Waals surface area contributed by atoms with E-state index in [1.54, 1.807) is 12.1 Å². The summed E-state index contributed by atoms with van der Waals surface area (Å²) in [6.07, 6.45) is 1.03. The minimum atomic E-state index is -1.06. The number of carboxylic acid groups (broad SMARTS) is 1. The summed E-state index contributed by atoms with van der Waals surface area (Å²) in [5, 5.41) is 20.8. The average molecular weight is 266 g/mol. The van der Waals surface area contributed by atoms with Crippen LogP contribution in [0.1, 0.15) is 19.8 Å². The molecule has 0 spiro atoms. The number of anilines is 1. The van der Waals surface area contributed by atoms with E-state index >= 15 is 0 Å². The second-order valence-electron chi connectivity index (χ2n) is 4.21. The zero-order chi connectivity index (χ0) is 14.4. The molecule has 1 aromatic rings. The van der Waals surface area contributed by atoms with Gasteiger partial charge in [-0.05, 0) is 18.6 Å². The molecule has 0 fully saturated rings. The Labute approximate surface area is 111 Å². The molecule has 104 valence electrons. The Kier molecular flexibility index (Phi) is 5.17. The largest absolute Gasteiger partial charge is 0.508 e. The molecule has 3 N–H and O–H groups in total. The van der Waals surface area contributed by atoms with Crippen LogP contribution >= 0.6 is 0 Å². The number of carbonyl (C=O) groups is 2. The number of carbonyl (C=O) groups excluding carboxylic acids is 1. The minimum absolute atomic E-state index is 0.0421. The number of nitrogens with zero attached hydrogens (tertiary/aromatic N) is 1. The number of phenolic OH excluding ortho intramolecular Hbond substituents is 1. The van der Waals surface area contributed by atoms with Gasteiger partial charge in [-0.3, -0.25) is 4.90 Å². The van der Waals surface area contributed by atoms with E-state index < -0.39 is 18.0 Å². The lowest BCUT2D eigenvalue weighted by Gasteiger charge is -2.21. The van der Waals surface area contributed by atoms with Crippen molar-refractivity contribution >= 4 is 17.7 Å². The van der Waals surface area contributed by atoms with E-state index in [9.17, 15) is 14.7 Å². The standard InChI is InChI=1S/C13H18N2O4/c1-3-5-11(12(17)18)14-13(19)15(2)9-6-4-7-10(16)8-9/h4,6-8,11,16H,3,5H2,1-2H3,(H,14,19)(H,17,18)/t11-/m0/s1. The lowest BCUT2D eigenvalue weighted by Crippen LogP contribution is -2.46. The summed E-state index contributed by atoms with van der Waals surface area (Å²) in [5.41, 5.74) is 0.484. The van der Waals surface area contributed by atoms with Crippen molar-refractivity contribution in [1.82, 2.24) is 5.32 Å². The normalized spacial score (nSPS) is 11.7. The highest BCUT2D eigenvalue weighted by molar-refractivity contribution is 5.94. The van der Waals surface area contributed by atoms with Crippen molar-refractivity contribution in [3.63, 3.8) is 0 Å². The first kappa shape index (κ1) is 14.8. The van der Waals surface area contributed by atoms with E-state index in [-0.39, 0.29) is 5.75 Å². The van der Waals surface area contributed by atoms with E-state index in [2.05, 4.69) is 5.32 Å². The Morgan fingerprint density at radius 1 is 1.42 bits per heavy atom. The van der Waals surface area contributed by atoms with Gasteiger partial charge in [-0.25, -0.2) is 9.59 Å². The molecule has 0 aliphatic carbocycles. The van der Waals surface area contributed by atoms with Crippen molar-refractivity contribution in [2.24, 2.45) is 0 Å². The minimum Gasteiger partial charge on any atom is -0.508 e. The van der Waals surface area contributed by atoms with Gasteiger partial charge < -0.3 is 15.5 Å². The Balaban J connectivity index is 2.74. The van der Waals surface area contributed by atoms with Gasteiger partial charge in [-0.1, -0.05) is 19.4 Å². The third-order valence-corrected chi connectivity index (χ3v) is 2.69. The van der Waals surface area contributed by atoms with Crippen LogP contribution in [0.15, 0.2) is 24.3 Å². The number of hydrogen-bond acceptors (Lipinski definition) is 3. The second kappa shape index (κ2) is 6.63. The monoisotopic (exact) mass is 266 g/mol. The third-order valence-electron chi connectivity index (χ3n) is 2.69. The lowest BCUT2D eigenvalue weighted by atomic mass is 10.2. The van der Waals surface area contributed by atoms with Crippen molar-refractivity contribution in [3.05, 3.63) is 24.3 Å². The summed E-state index contributed by atoms with van der Waals surface area (Å²) in [4.78, 5) is 24.1. The fourth-order valence-corrected chi connectivity index (χ4v) is 1.61. The van der Waals surface area contributed by atoms with E-state index in [0.29, 0.717) is 18.5 Å². The summed E-state index contributed by atoms with van der Waals surface area (Å²) < 4.78 is 0. The number of amides is 2. The molecule has 0 saturated carbocycles. The van der Waals surface area contributed by atoms with Gasteiger partial charge in [0.25, 0.3) is 0 Å². The van der Waals surface area contributed by atoms with Crippen molar-refractivity contribution in [2.45, 2.75) is 25.8 Å². The summed E-state index contributed by atoms with van der Waals surface area (Å²) in [7, 11) is 1.51. The van der Waals surface area contributed by atoms with Crippen LogP contribution in [0.2, 0.25) is 0 Å². The van der Waals surface area contributed by atoms with Gasteiger partial charge >= 0.3 is 12.0 Å². The number of phenols is 1. The highest BCUT2D eigenvalue weighted by atomic mass is 16.4. The molecule has 0 aromatic heterocycles. The predicted octanol–water partition coefficient (Wildman–Crippen LogP) is 1.79. The Morgan fingerprint density at radius 3 is 2.63 bits per heavy atom. The SMILES string of the molecule is CCC[C@H](NC(=O)N(C)c1cccc(O)c1)C(=O)O. The summed E-state index contributed by atoms with van der Waals surface area (Å²) in [5.74, 6) is -1.01. The van der Waals surface area contributed by atoms with Crippen LogP contribution in [-0.2, 0) is 4.79 Å². The quantitative estimate of drug-likeness (QED) is 0.758. The van der Waals surface area contributed by atoms with Gasteiger partial charge in [0.05, 0.1) is 0 Å². The van der Waals surface area contributed by atoms with Crippen LogP contribution in [0.4, 0.5) is 10.5 Å². The van der Waals surface area contributed by atoms with Gasteiger partial charge in [-0.2, -0.15) is 0 Å². The highest BCUT2D eigenvalue weighted by Crippen LogP contribution is 2.18. The van der Waals surface area contributed by atoms with Gasteiger partial charge in [0.15, 0.2) is 0 Å². The second-order valence-corrected chi connectivity index (χ2v) is 4.21. The van der Waals surface area contributed by atoms with E-state index in [1.807, 2.05) is 6.92 Å². The van der Waals surface area contributed by atoms with Crippen LogP contribution in [0.3, 0.4) is 0 Å². The van der Waals surface area contributed by atoms with Crippen LogP contribution in [-0.4, -0.2) is 35.3 Å². The third kappa shape index (κ3) is 4.17. The highest BCUT2D eigenvalue weighted by Gasteiger charge is 2.21. The fraction of sp³-hybridized carbons (Fsp3) is 0.385. The summed E-state index contributed by atoms with van der Waals surface area (Å²) in [6, 6.07) is 4.75. The Morgan fingerprint density at radius 2 is 2.11 bits per heavy atom.